The van der Waals surface area contributed by atoms with E-state index in [1.807, 2.05) is 24.3 Å². The molecule has 214 valence electrons. The van der Waals surface area contributed by atoms with E-state index in [4.69, 9.17) is 0 Å². The lowest BCUT2D eigenvalue weighted by Crippen LogP contribution is -2.49. The van der Waals surface area contributed by atoms with Gasteiger partial charge in [0.15, 0.2) is 0 Å². The van der Waals surface area contributed by atoms with E-state index >= 15 is 0 Å². The van der Waals surface area contributed by atoms with Crippen LogP contribution in [0.1, 0.15) is 56.6 Å². The van der Waals surface area contributed by atoms with Crippen molar-refractivity contribution in [3.05, 3.63) is 64.1 Å². The van der Waals surface area contributed by atoms with Gasteiger partial charge in [-0.2, -0.15) is 13.2 Å². The first kappa shape index (κ1) is 30.9. The summed E-state index contributed by atoms with van der Waals surface area (Å²) in [5.74, 6) is -0.612. The molecular weight excluding hydrogens is 599 g/mol. The Morgan fingerprint density at radius 1 is 1.10 bits per heavy atom. The second-order valence-corrected chi connectivity index (χ2v) is 12.6. The minimum atomic E-state index is -4.63. The molecule has 1 aliphatic carbocycles. The molecule has 0 saturated heterocycles. The molecule has 2 amide bonds. The molecule has 12 heteroatoms. The van der Waals surface area contributed by atoms with E-state index in [9.17, 15) is 31.2 Å². The zero-order valence-electron chi connectivity index (χ0n) is 21.9. The molecule has 1 atom stereocenters. The maximum Gasteiger partial charge on any atom is 0.416 e. The van der Waals surface area contributed by atoms with Crippen molar-refractivity contribution in [3.8, 4) is 0 Å². The van der Waals surface area contributed by atoms with Crippen LogP contribution in [0.15, 0.2) is 53.0 Å². The molecule has 2 aromatic rings. The van der Waals surface area contributed by atoms with Gasteiger partial charge in [-0.1, -0.05) is 47.0 Å². The van der Waals surface area contributed by atoms with Crippen molar-refractivity contribution in [1.29, 1.82) is 0 Å². The zero-order chi connectivity index (χ0) is 28.8. The molecule has 1 saturated carbocycles. The van der Waals surface area contributed by atoms with E-state index in [1.54, 1.807) is 6.92 Å². The second-order valence-electron chi connectivity index (χ2n) is 9.80. The average molecular weight is 633 g/mol. The Hall–Kier alpha value is -2.60. The fourth-order valence-electron chi connectivity index (χ4n) is 4.60. The number of nitrogens with zero attached hydrogens (tertiary/aromatic N) is 2. The van der Waals surface area contributed by atoms with E-state index in [0.29, 0.717) is 0 Å². The van der Waals surface area contributed by atoms with Crippen LogP contribution in [-0.2, 0) is 32.3 Å². The number of rotatable bonds is 11. The SMILES string of the molecule is C[C@H](C(=O)NC1CCCC1)N(Cc1ccc(Br)cc1)C(=O)CCCN(c1cccc(C(F)(F)F)c1)S(C)(=O)=O. The Bertz CT molecular complexity index is 1250. The van der Waals surface area contributed by atoms with Crippen LogP contribution in [0.25, 0.3) is 0 Å². The van der Waals surface area contributed by atoms with Crippen LogP contribution in [0.3, 0.4) is 0 Å². The molecule has 1 N–H and O–H groups in total. The molecule has 1 fully saturated rings. The molecule has 0 aromatic heterocycles. The third-order valence-corrected chi connectivity index (χ3v) is 8.47. The fraction of sp³-hybridized carbons (Fsp3) is 0.481. The number of carbonyl (C=O) groups is 2. The number of halogens is 4. The van der Waals surface area contributed by atoms with Crippen molar-refractivity contribution in [3.63, 3.8) is 0 Å². The smallest absolute Gasteiger partial charge is 0.352 e. The fourth-order valence-corrected chi connectivity index (χ4v) is 5.82. The molecular formula is C27H33BrF3N3O4S. The van der Waals surface area contributed by atoms with Gasteiger partial charge in [0.25, 0.3) is 0 Å². The van der Waals surface area contributed by atoms with Crippen LogP contribution in [-0.4, -0.2) is 50.0 Å². The normalized spacial score (nSPS) is 15.1. The van der Waals surface area contributed by atoms with Gasteiger partial charge < -0.3 is 10.2 Å². The molecule has 0 radical (unpaired) electrons. The van der Waals surface area contributed by atoms with Crippen molar-refractivity contribution in [1.82, 2.24) is 10.2 Å². The molecule has 3 rings (SSSR count). The Kier molecular flexibility index (Phi) is 10.4. The number of amides is 2. The molecule has 1 aliphatic rings. The van der Waals surface area contributed by atoms with Crippen molar-refractivity contribution >= 4 is 43.5 Å². The molecule has 0 spiro atoms. The number of alkyl halides is 3. The summed E-state index contributed by atoms with van der Waals surface area (Å²) in [4.78, 5) is 27.8. The Balaban J connectivity index is 1.74. The van der Waals surface area contributed by atoms with Gasteiger partial charge in [-0.15, -0.1) is 0 Å². The van der Waals surface area contributed by atoms with E-state index in [0.717, 1.165) is 64.5 Å². The van der Waals surface area contributed by atoms with Gasteiger partial charge in [-0.05, 0) is 62.1 Å². The van der Waals surface area contributed by atoms with E-state index < -0.39 is 27.8 Å². The van der Waals surface area contributed by atoms with Crippen molar-refractivity contribution in [2.75, 3.05) is 17.1 Å². The molecule has 0 aliphatic heterocycles. The van der Waals surface area contributed by atoms with Crippen LogP contribution >= 0.6 is 15.9 Å². The van der Waals surface area contributed by atoms with Gasteiger partial charge in [0, 0.05) is 30.0 Å². The first-order chi connectivity index (χ1) is 18.3. The summed E-state index contributed by atoms with van der Waals surface area (Å²) in [5, 5.41) is 3.02. The molecule has 0 bridgehead atoms. The predicted molar refractivity (Wildman–Crippen MR) is 147 cm³/mol. The topological polar surface area (TPSA) is 86.8 Å². The number of nitrogens with one attached hydrogen (secondary N) is 1. The van der Waals surface area contributed by atoms with E-state index in [2.05, 4.69) is 21.2 Å². The first-order valence-corrected chi connectivity index (χ1v) is 15.4. The maximum absolute atomic E-state index is 13.4. The van der Waals surface area contributed by atoms with Crippen molar-refractivity contribution in [2.24, 2.45) is 0 Å². The summed E-state index contributed by atoms with van der Waals surface area (Å²) >= 11 is 3.38. The highest BCUT2D eigenvalue weighted by Gasteiger charge is 2.32. The van der Waals surface area contributed by atoms with Crippen LogP contribution in [0.5, 0.6) is 0 Å². The highest BCUT2D eigenvalue weighted by molar-refractivity contribution is 9.10. The standard InChI is InChI=1S/C27H33BrF3N3O4S/c1-19(26(36)32-23-8-3-4-9-23)33(18-20-12-14-22(28)15-13-20)25(35)11-6-16-34(39(2,37)38)24-10-5-7-21(17-24)27(29,30)31/h5,7,10,12-15,17,19,23H,3-4,6,8-9,11,16,18H2,1-2H3,(H,32,36)/t19-/m1/s1. The minimum absolute atomic E-state index is 0.0515. The molecule has 39 heavy (non-hydrogen) atoms. The molecule has 0 heterocycles. The van der Waals surface area contributed by atoms with Gasteiger partial charge in [0.05, 0.1) is 17.5 Å². The molecule has 2 aromatic carbocycles. The lowest BCUT2D eigenvalue weighted by molar-refractivity contribution is -0.141. The third-order valence-electron chi connectivity index (χ3n) is 6.75. The van der Waals surface area contributed by atoms with Crippen LogP contribution in [0.4, 0.5) is 18.9 Å². The average Bonchev–Trinajstić information content (AvgIpc) is 3.37. The number of sulfonamides is 1. The summed E-state index contributed by atoms with van der Waals surface area (Å²) in [6, 6.07) is 10.7. The Morgan fingerprint density at radius 2 is 1.74 bits per heavy atom. The zero-order valence-corrected chi connectivity index (χ0v) is 24.3. The molecule has 0 unspecified atom stereocenters. The predicted octanol–water partition coefficient (Wildman–Crippen LogP) is 5.49. The first-order valence-electron chi connectivity index (χ1n) is 12.7. The van der Waals surface area contributed by atoms with E-state index in [1.165, 1.54) is 11.0 Å². The van der Waals surface area contributed by atoms with E-state index in [-0.39, 0.29) is 49.5 Å². The lowest BCUT2D eigenvalue weighted by Gasteiger charge is -2.30. The summed E-state index contributed by atoms with van der Waals surface area (Å²) in [6.45, 7) is 1.64. The Morgan fingerprint density at radius 3 is 2.33 bits per heavy atom. The number of anilines is 1. The van der Waals surface area contributed by atoms with Crippen molar-refractivity contribution in [2.45, 2.75) is 70.3 Å². The monoisotopic (exact) mass is 631 g/mol. The third kappa shape index (κ3) is 8.96. The lowest BCUT2D eigenvalue weighted by atomic mass is 10.1. The number of benzene rings is 2. The molecule has 7 nitrogen and oxygen atoms in total. The van der Waals surface area contributed by atoms with Gasteiger partial charge >= 0.3 is 6.18 Å². The number of carbonyl (C=O) groups excluding carboxylic acids is 2. The summed E-state index contributed by atoms with van der Waals surface area (Å²) in [6.07, 6.45) is 0.125. The summed E-state index contributed by atoms with van der Waals surface area (Å²) < 4.78 is 66.2. The number of hydrogen-bond donors (Lipinski definition) is 1. The second kappa shape index (κ2) is 13.2. The van der Waals surface area contributed by atoms with Crippen LogP contribution in [0, 0.1) is 0 Å². The number of hydrogen-bond acceptors (Lipinski definition) is 4. The Labute approximate surface area is 235 Å². The van der Waals surface area contributed by atoms with Crippen LogP contribution < -0.4 is 9.62 Å². The van der Waals surface area contributed by atoms with Crippen LogP contribution in [0.2, 0.25) is 0 Å². The highest BCUT2D eigenvalue weighted by atomic mass is 79.9. The van der Waals surface area contributed by atoms with Gasteiger partial charge in [0.2, 0.25) is 21.8 Å². The quantitative estimate of drug-likeness (QED) is 0.355. The van der Waals surface area contributed by atoms with Crippen molar-refractivity contribution < 1.29 is 31.2 Å². The maximum atomic E-state index is 13.4. The van der Waals surface area contributed by atoms with Gasteiger partial charge in [0.1, 0.15) is 6.04 Å². The summed E-state index contributed by atoms with van der Waals surface area (Å²) in [5.41, 5.74) is -0.280. The highest BCUT2D eigenvalue weighted by Crippen LogP contribution is 2.32. The van der Waals surface area contributed by atoms with Gasteiger partial charge in [-0.25, -0.2) is 8.42 Å². The minimum Gasteiger partial charge on any atom is -0.352 e. The largest absolute Gasteiger partial charge is 0.416 e. The summed E-state index contributed by atoms with van der Waals surface area (Å²) in [7, 11) is -3.92. The van der Waals surface area contributed by atoms with Gasteiger partial charge in [-0.3, -0.25) is 13.9 Å².